The summed E-state index contributed by atoms with van der Waals surface area (Å²) in [6.45, 7) is 4.87. The van der Waals surface area contributed by atoms with Crippen molar-refractivity contribution in [3.8, 4) is 17.2 Å². The number of piperazine rings is 1. The molecule has 0 amide bonds. The van der Waals surface area contributed by atoms with Crippen molar-refractivity contribution in [3.05, 3.63) is 89.5 Å². The molecule has 37 heavy (non-hydrogen) atoms. The van der Waals surface area contributed by atoms with Gasteiger partial charge in [0.2, 0.25) is 5.75 Å². The fourth-order valence-electron chi connectivity index (χ4n) is 4.97. The van der Waals surface area contributed by atoms with Crippen LogP contribution in [0, 0.1) is 0 Å². The first-order valence-corrected chi connectivity index (χ1v) is 12.7. The molecular weight excluding hydrogens is 468 g/mol. The summed E-state index contributed by atoms with van der Waals surface area (Å²) in [6.07, 6.45) is -0.562. The van der Waals surface area contributed by atoms with E-state index in [2.05, 4.69) is 70.5 Å². The average molecular weight is 507 g/mol. The lowest BCUT2D eigenvalue weighted by molar-refractivity contribution is -0.000774. The van der Waals surface area contributed by atoms with Gasteiger partial charge in [-0.05, 0) is 28.8 Å². The Morgan fingerprint density at radius 1 is 0.757 bits per heavy atom. The van der Waals surface area contributed by atoms with Gasteiger partial charge in [0.25, 0.3) is 0 Å². The van der Waals surface area contributed by atoms with Crippen LogP contribution in [0.1, 0.15) is 22.7 Å². The number of β-amino-alcohol motifs (C(OH)–C–C–N with tert-alkyl or cyclic N) is 1. The second-order valence-electron chi connectivity index (χ2n) is 9.26. The first kappa shape index (κ1) is 26.9. The highest BCUT2D eigenvalue weighted by Crippen LogP contribution is 2.38. The Balaban J connectivity index is 1.28. The zero-order valence-electron chi connectivity index (χ0n) is 22.0. The van der Waals surface area contributed by atoms with E-state index in [4.69, 9.17) is 18.9 Å². The number of hydrogen-bond donors (Lipinski definition) is 1. The van der Waals surface area contributed by atoms with E-state index in [9.17, 15) is 5.11 Å². The Morgan fingerprint density at radius 2 is 1.30 bits per heavy atom. The van der Waals surface area contributed by atoms with E-state index >= 15 is 0 Å². The normalized spacial score (nSPS) is 15.5. The molecule has 0 aromatic heterocycles. The zero-order valence-corrected chi connectivity index (χ0v) is 22.0. The first-order chi connectivity index (χ1) is 18.1. The van der Waals surface area contributed by atoms with E-state index in [1.54, 1.807) is 21.3 Å². The lowest BCUT2D eigenvalue weighted by Gasteiger charge is -2.40. The van der Waals surface area contributed by atoms with Gasteiger partial charge in [0.15, 0.2) is 11.5 Å². The molecule has 1 saturated heterocycles. The van der Waals surface area contributed by atoms with Gasteiger partial charge in [0, 0.05) is 32.7 Å². The van der Waals surface area contributed by atoms with Crippen LogP contribution in [0.3, 0.4) is 0 Å². The number of ether oxygens (including phenoxy) is 4. The smallest absolute Gasteiger partial charge is 0.203 e. The number of aliphatic hydroxyl groups excluding tert-OH is 1. The van der Waals surface area contributed by atoms with Crippen molar-refractivity contribution in [1.29, 1.82) is 0 Å². The standard InChI is InChI=1S/C30H38N2O5/c1-34-27-18-23(19-28(35-2)30(27)36-3)21-37-22-26(33)20-31-14-16-32(17-15-31)29(24-10-6-4-7-11-24)25-12-8-5-9-13-25/h4-13,18-19,26,29,33H,14-17,20-22H2,1-3H3/t26-/m1/s1. The number of hydrogen-bond acceptors (Lipinski definition) is 7. The maximum absolute atomic E-state index is 10.6. The van der Waals surface area contributed by atoms with E-state index in [-0.39, 0.29) is 12.6 Å². The fraction of sp³-hybridized carbons (Fsp3) is 0.400. The third-order valence-electron chi connectivity index (χ3n) is 6.78. The van der Waals surface area contributed by atoms with E-state index in [1.807, 2.05) is 12.1 Å². The number of nitrogens with zero attached hydrogens (tertiary/aromatic N) is 2. The average Bonchev–Trinajstić information content (AvgIpc) is 2.94. The van der Waals surface area contributed by atoms with Gasteiger partial charge in [-0.25, -0.2) is 0 Å². The molecule has 0 saturated carbocycles. The molecule has 1 atom stereocenters. The Kier molecular flexibility index (Phi) is 9.79. The molecule has 1 aliphatic heterocycles. The molecule has 3 aromatic rings. The second-order valence-corrected chi connectivity index (χ2v) is 9.26. The number of methoxy groups -OCH3 is 3. The topological polar surface area (TPSA) is 63.6 Å². The highest BCUT2D eigenvalue weighted by Gasteiger charge is 2.27. The molecule has 0 unspecified atom stereocenters. The largest absolute Gasteiger partial charge is 0.493 e. The summed E-state index contributed by atoms with van der Waals surface area (Å²) in [5.41, 5.74) is 3.51. The molecule has 1 heterocycles. The Bertz CT molecular complexity index is 1020. The molecule has 7 heteroatoms. The van der Waals surface area contributed by atoms with Crippen molar-refractivity contribution in [1.82, 2.24) is 9.80 Å². The summed E-state index contributed by atoms with van der Waals surface area (Å²) in [7, 11) is 4.76. The molecule has 0 bridgehead atoms. The fourth-order valence-corrected chi connectivity index (χ4v) is 4.97. The molecule has 0 spiro atoms. The minimum Gasteiger partial charge on any atom is -0.493 e. The second kappa shape index (κ2) is 13.4. The van der Waals surface area contributed by atoms with Crippen molar-refractivity contribution in [2.45, 2.75) is 18.8 Å². The summed E-state index contributed by atoms with van der Waals surface area (Å²) in [5, 5.41) is 10.6. The quantitative estimate of drug-likeness (QED) is 0.398. The third kappa shape index (κ3) is 7.02. The van der Waals surface area contributed by atoms with Gasteiger partial charge < -0.3 is 24.1 Å². The first-order valence-electron chi connectivity index (χ1n) is 12.7. The van der Waals surface area contributed by atoms with E-state index < -0.39 is 6.10 Å². The summed E-state index contributed by atoms with van der Waals surface area (Å²) in [5.74, 6) is 1.72. The molecule has 0 radical (unpaired) electrons. The number of aliphatic hydroxyl groups is 1. The van der Waals surface area contributed by atoms with Crippen LogP contribution in [0.5, 0.6) is 17.2 Å². The van der Waals surface area contributed by atoms with Crippen LogP contribution < -0.4 is 14.2 Å². The molecule has 4 rings (SSSR count). The summed E-state index contributed by atoms with van der Waals surface area (Å²) < 4.78 is 22.0. The maximum Gasteiger partial charge on any atom is 0.203 e. The number of benzene rings is 3. The van der Waals surface area contributed by atoms with Crippen molar-refractivity contribution in [3.63, 3.8) is 0 Å². The summed E-state index contributed by atoms with van der Waals surface area (Å²) >= 11 is 0. The molecule has 198 valence electrons. The van der Waals surface area contributed by atoms with E-state index in [1.165, 1.54) is 11.1 Å². The molecule has 1 N–H and O–H groups in total. The molecule has 0 aliphatic carbocycles. The molecule has 7 nitrogen and oxygen atoms in total. The Morgan fingerprint density at radius 3 is 1.78 bits per heavy atom. The van der Waals surface area contributed by atoms with Crippen LogP contribution >= 0.6 is 0 Å². The monoisotopic (exact) mass is 506 g/mol. The SMILES string of the molecule is COc1cc(COC[C@H](O)CN2CCN(C(c3ccccc3)c3ccccc3)CC2)cc(OC)c1OC. The van der Waals surface area contributed by atoms with Crippen LogP contribution in [0.2, 0.25) is 0 Å². The minimum absolute atomic E-state index is 0.233. The molecular formula is C30H38N2O5. The van der Waals surface area contributed by atoms with Crippen LogP contribution in [0.4, 0.5) is 0 Å². The van der Waals surface area contributed by atoms with Crippen LogP contribution in [0.25, 0.3) is 0 Å². The maximum atomic E-state index is 10.6. The Labute approximate surface area is 220 Å². The van der Waals surface area contributed by atoms with Crippen molar-refractivity contribution < 1.29 is 24.1 Å². The van der Waals surface area contributed by atoms with Crippen LogP contribution in [-0.4, -0.2) is 81.7 Å². The van der Waals surface area contributed by atoms with Gasteiger partial charge in [-0.15, -0.1) is 0 Å². The predicted molar refractivity (Wildman–Crippen MR) is 145 cm³/mol. The summed E-state index contributed by atoms with van der Waals surface area (Å²) in [6, 6.07) is 25.3. The van der Waals surface area contributed by atoms with Gasteiger partial charge in [0.1, 0.15) is 0 Å². The highest BCUT2D eigenvalue weighted by molar-refractivity contribution is 5.53. The Hall–Kier alpha value is -3.10. The van der Waals surface area contributed by atoms with Gasteiger partial charge >= 0.3 is 0 Å². The minimum atomic E-state index is -0.562. The third-order valence-corrected chi connectivity index (χ3v) is 6.78. The van der Waals surface area contributed by atoms with Crippen molar-refractivity contribution in [2.75, 3.05) is 60.7 Å². The number of rotatable bonds is 12. The van der Waals surface area contributed by atoms with Gasteiger partial charge in [-0.3, -0.25) is 9.80 Å². The molecule has 1 aliphatic rings. The lowest BCUT2D eigenvalue weighted by Crippen LogP contribution is -2.50. The van der Waals surface area contributed by atoms with Gasteiger partial charge in [-0.1, -0.05) is 60.7 Å². The zero-order chi connectivity index (χ0) is 26.0. The van der Waals surface area contributed by atoms with Gasteiger partial charge in [0.05, 0.1) is 46.7 Å². The van der Waals surface area contributed by atoms with Crippen LogP contribution in [-0.2, 0) is 11.3 Å². The molecule has 1 fully saturated rings. The van der Waals surface area contributed by atoms with Crippen LogP contribution in [0.15, 0.2) is 72.8 Å². The van der Waals surface area contributed by atoms with Crippen molar-refractivity contribution >= 4 is 0 Å². The van der Waals surface area contributed by atoms with E-state index in [0.29, 0.717) is 30.4 Å². The summed E-state index contributed by atoms with van der Waals surface area (Å²) in [4.78, 5) is 4.85. The van der Waals surface area contributed by atoms with Gasteiger partial charge in [-0.2, -0.15) is 0 Å². The van der Waals surface area contributed by atoms with E-state index in [0.717, 1.165) is 31.7 Å². The lowest BCUT2D eigenvalue weighted by atomic mass is 9.96. The highest BCUT2D eigenvalue weighted by atomic mass is 16.5. The predicted octanol–water partition coefficient (Wildman–Crippen LogP) is 4.00. The molecule has 3 aromatic carbocycles. The van der Waals surface area contributed by atoms with Crippen molar-refractivity contribution in [2.24, 2.45) is 0 Å².